The van der Waals surface area contributed by atoms with Gasteiger partial charge in [0.15, 0.2) is 0 Å². The van der Waals surface area contributed by atoms with Crippen LogP contribution >= 0.6 is 0 Å². The molecule has 3 aromatic rings. The van der Waals surface area contributed by atoms with Crippen molar-refractivity contribution < 1.29 is 14.3 Å². The summed E-state index contributed by atoms with van der Waals surface area (Å²) < 4.78 is 5.72. The highest BCUT2D eigenvalue weighted by atomic mass is 16.5. The quantitative estimate of drug-likeness (QED) is 0.520. The number of hydrogen-bond donors (Lipinski definition) is 0. The van der Waals surface area contributed by atoms with Crippen molar-refractivity contribution in [1.29, 1.82) is 5.26 Å². The van der Waals surface area contributed by atoms with Crippen LogP contribution in [0, 0.1) is 11.3 Å². The monoisotopic (exact) mass is 437 g/mol. The molecule has 164 valence electrons. The zero-order valence-electron chi connectivity index (χ0n) is 18.6. The second-order valence-electron chi connectivity index (χ2n) is 7.91. The van der Waals surface area contributed by atoms with Crippen LogP contribution in [0.3, 0.4) is 0 Å². The molecule has 1 heterocycles. The Kier molecular flexibility index (Phi) is 5.97. The molecule has 33 heavy (non-hydrogen) atoms. The van der Waals surface area contributed by atoms with Crippen LogP contribution in [-0.4, -0.2) is 25.0 Å². The van der Waals surface area contributed by atoms with Gasteiger partial charge in [-0.2, -0.15) is 5.26 Å². The average Bonchev–Trinajstić information content (AvgIpc) is 3.09. The summed E-state index contributed by atoms with van der Waals surface area (Å²) >= 11 is 0. The summed E-state index contributed by atoms with van der Waals surface area (Å²) in [4.78, 5) is 30.1. The van der Waals surface area contributed by atoms with Gasteiger partial charge in [-0.3, -0.25) is 9.59 Å². The van der Waals surface area contributed by atoms with E-state index in [0.717, 1.165) is 10.6 Å². The molecule has 1 aliphatic rings. The lowest BCUT2D eigenvalue weighted by molar-refractivity contribution is -0.120. The van der Waals surface area contributed by atoms with Crippen molar-refractivity contribution in [2.24, 2.45) is 0 Å². The number of carbonyl (C=O) groups is 2. The second-order valence-corrected chi connectivity index (χ2v) is 7.91. The van der Waals surface area contributed by atoms with Crippen molar-refractivity contribution in [3.05, 3.63) is 95.7 Å². The van der Waals surface area contributed by atoms with Crippen molar-refractivity contribution in [3.63, 3.8) is 0 Å². The molecule has 2 amide bonds. The minimum absolute atomic E-state index is 0.0244. The number of benzene rings is 3. The van der Waals surface area contributed by atoms with E-state index in [4.69, 9.17) is 10.00 Å². The van der Waals surface area contributed by atoms with Crippen molar-refractivity contribution in [1.82, 2.24) is 0 Å². The topological polar surface area (TPSA) is 73.6 Å². The minimum Gasteiger partial charge on any atom is -0.491 e. The molecule has 0 aromatic heterocycles. The molecule has 1 aliphatic heterocycles. The van der Waals surface area contributed by atoms with Gasteiger partial charge in [-0.25, -0.2) is 4.90 Å². The average molecular weight is 437 g/mol. The van der Waals surface area contributed by atoms with Crippen LogP contribution in [0.1, 0.15) is 25.0 Å². The molecular weight excluding hydrogens is 414 g/mol. The normalized spacial score (nSPS) is 13.5. The molecule has 0 spiro atoms. The summed E-state index contributed by atoms with van der Waals surface area (Å²) in [5.41, 5.74) is 2.87. The van der Waals surface area contributed by atoms with E-state index in [9.17, 15) is 9.59 Å². The van der Waals surface area contributed by atoms with Gasteiger partial charge in [-0.05, 0) is 67.9 Å². The molecule has 0 radical (unpaired) electrons. The maximum atomic E-state index is 13.6. The van der Waals surface area contributed by atoms with E-state index in [2.05, 4.69) is 6.07 Å². The Hall–Kier alpha value is -4.37. The van der Waals surface area contributed by atoms with E-state index in [-0.39, 0.29) is 11.8 Å². The Morgan fingerprint density at radius 1 is 0.879 bits per heavy atom. The van der Waals surface area contributed by atoms with Gasteiger partial charge in [0.1, 0.15) is 11.4 Å². The zero-order chi connectivity index (χ0) is 23.5. The molecule has 0 fully saturated rings. The van der Waals surface area contributed by atoms with Gasteiger partial charge in [0.2, 0.25) is 0 Å². The lowest BCUT2D eigenvalue weighted by atomic mass is 10.0. The van der Waals surface area contributed by atoms with Crippen molar-refractivity contribution >= 4 is 28.8 Å². The van der Waals surface area contributed by atoms with Crippen molar-refractivity contribution in [2.75, 3.05) is 16.8 Å². The standard InChI is InChI=1S/C27H23N3O3/c1-18(2)33-23-15-11-20(12-16-23)24-25(29(3)21-7-5-4-6-8-21)27(32)30(26(24)31)22-13-9-19(17-28)10-14-22/h4-16,18H,1-3H3. The molecule has 0 unspecified atom stereocenters. The van der Waals surface area contributed by atoms with Crippen LogP contribution in [-0.2, 0) is 9.59 Å². The Morgan fingerprint density at radius 2 is 1.52 bits per heavy atom. The third-order valence-electron chi connectivity index (χ3n) is 5.31. The molecule has 4 rings (SSSR count). The number of amides is 2. The van der Waals surface area contributed by atoms with Crippen LogP contribution in [0.15, 0.2) is 84.6 Å². The van der Waals surface area contributed by atoms with Crippen molar-refractivity contribution in [2.45, 2.75) is 20.0 Å². The minimum atomic E-state index is -0.423. The predicted octanol–water partition coefficient (Wildman–Crippen LogP) is 4.77. The summed E-state index contributed by atoms with van der Waals surface area (Å²) in [7, 11) is 1.77. The largest absolute Gasteiger partial charge is 0.491 e. The third-order valence-corrected chi connectivity index (χ3v) is 5.31. The van der Waals surface area contributed by atoms with Crippen LogP contribution in [0.5, 0.6) is 5.75 Å². The number of hydrogen-bond acceptors (Lipinski definition) is 5. The smallest absolute Gasteiger partial charge is 0.282 e. The molecule has 6 nitrogen and oxygen atoms in total. The third kappa shape index (κ3) is 4.21. The molecule has 0 N–H and O–H groups in total. The van der Waals surface area contributed by atoms with Crippen molar-refractivity contribution in [3.8, 4) is 11.8 Å². The van der Waals surface area contributed by atoms with Crippen LogP contribution < -0.4 is 14.5 Å². The number of imide groups is 1. The number of likely N-dealkylation sites (N-methyl/N-ethyl adjacent to an activating group) is 1. The summed E-state index contributed by atoms with van der Waals surface area (Å²) in [6.07, 6.45) is 0.0244. The Bertz CT molecular complexity index is 1250. The number of nitrogens with zero attached hydrogens (tertiary/aromatic N) is 3. The first-order chi connectivity index (χ1) is 15.9. The van der Waals surface area contributed by atoms with Gasteiger partial charge in [0.25, 0.3) is 11.8 Å². The Labute approximate surface area is 192 Å². The number of carbonyl (C=O) groups excluding carboxylic acids is 2. The van der Waals surface area contributed by atoms with Gasteiger partial charge < -0.3 is 9.64 Å². The molecule has 6 heteroatoms. The first-order valence-corrected chi connectivity index (χ1v) is 10.6. The number of nitriles is 1. The van der Waals surface area contributed by atoms with Crippen LogP contribution in [0.4, 0.5) is 11.4 Å². The predicted molar refractivity (Wildman–Crippen MR) is 128 cm³/mol. The zero-order valence-corrected chi connectivity index (χ0v) is 18.6. The number of para-hydroxylation sites is 1. The first-order valence-electron chi connectivity index (χ1n) is 10.6. The van der Waals surface area contributed by atoms with E-state index >= 15 is 0 Å². The molecule has 0 aliphatic carbocycles. The molecule has 0 saturated heterocycles. The summed E-state index contributed by atoms with van der Waals surface area (Å²) in [6, 6.07) is 25.0. The van der Waals surface area contributed by atoms with E-state index in [1.807, 2.05) is 44.2 Å². The van der Waals surface area contributed by atoms with E-state index in [1.54, 1.807) is 60.5 Å². The molecule has 0 atom stereocenters. The fourth-order valence-corrected chi connectivity index (χ4v) is 3.76. The van der Waals surface area contributed by atoms with E-state index in [1.165, 1.54) is 0 Å². The van der Waals surface area contributed by atoms with E-state index in [0.29, 0.717) is 28.1 Å². The van der Waals surface area contributed by atoms with Gasteiger partial charge in [0, 0.05) is 12.7 Å². The highest BCUT2D eigenvalue weighted by Gasteiger charge is 2.42. The first kappa shape index (κ1) is 21.8. The number of rotatable bonds is 6. The summed E-state index contributed by atoms with van der Waals surface area (Å²) in [6.45, 7) is 3.88. The molecular formula is C27H23N3O3. The SMILES string of the molecule is CC(C)Oc1ccc(C2=C(N(C)c3ccccc3)C(=O)N(c3ccc(C#N)cc3)C2=O)cc1. The Balaban J connectivity index is 1.81. The summed E-state index contributed by atoms with van der Waals surface area (Å²) in [5, 5.41) is 9.08. The summed E-state index contributed by atoms with van der Waals surface area (Å²) in [5.74, 6) is -0.151. The fraction of sp³-hybridized carbons (Fsp3) is 0.148. The van der Waals surface area contributed by atoms with Gasteiger partial charge in [0.05, 0.1) is 29.0 Å². The maximum Gasteiger partial charge on any atom is 0.282 e. The molecule has 0 saturated carbocycles. The van der Waals surface area contributed by atoms with Crippen LogP contribution in [0.25, 0.3) is 5.57 Å². The van der Waals surface area contributed by atoms with Gasteiger partial charge in [-0.1, -0.05) is 30.3 Å². The number of ether oxygens (including phenoxy) is 1. The fourth-order valence-electron chi connectivity index (χ4n) is 3.76. The molecule has 0 bridgehead atoms. The lowest BCUT2D eigenvalue weighted by Gasteiger charge is -2.21. The highest BCUT2D eigenvalue weighted by Crippen LogP contribution is 2.36. The number of anilines is 2. The Morgan fingerprint density at radius 3 is 2.09 bits per heavy atom. The van der Waals surface area contributed by atoms with E-state index < -0.39 is 11.8 Å². The second kappa shape index (κ2) is 9.01. The lowest BCUT2D eigenvalue weighted by Crippen LogP contribution is -2.34. The molecule has 3 aromatic carbocycles. The van der Waals surface area contributed by atoms with Gasteiger partial charge >= 0.3 is 0 Å². The van der Waals surface area contributed by atoms with Crippen LogP contribution in [0.2, 0.25) is 0 Å². The maximum absolute atomic E-state index is 13.6. The van der Waals surface area contributed by atoms with Gasteiger partial charge in [-0.15, -0.1) is 0 Å². The highest BCUT2D eigenvalue weighted by molar-refractivity contribution is 6.46.